The molecule has 2 aromatic carbocycles. The van der Waals surface area contributed by atoms with Crippen LogP contribution in [0.1, 0.15) is 28.3 Å². The fourth-order valence-electron chi connectivity index (χ4n) is 2.63. The summed E-state index contributed by atoms with van der Waals surface area (Å²) in [7, 11) is 2.03. The van der Waals surface area contributed by atoms with Gasteiger partial charge in [-0.3, -0.25) is 0 Å². The van der Waals surface area contributed by atoms with E-state index in [1.54, 1.807) is 0 Å². The van der Waals surface area contributed by atoms with Gasteiger partial charge in [0.2, 0.25) is 0 Å². The van der Waals surface area contributed by atoms with Crippen LogP contribution in [0.2, 0.25) is 0 Å². The van der Waals surface area contributed by atoms with Crippen molar-refractivity contribution in [3.05, 3.63) is 68.3 Å². The van der Waals surface area contributed by atoms with Gasteiger partial charge < -0.3 is 5.32 Å². The zero-order chi connectivity index (χ0) is 14.8. The van der Waals surface area contributed by atoms with Gasteiger partial charge >= 0.3 is 0 Å². The van der Waals surface area contributed by atoms with E-state index >= 15 is 0 Å². The molecule has 1 unspecified atom stereocenters. The smallest absolute Gasteiger partial charge is 0.0668 e. The molecule has 0 aliphatic rings. The van der Waals surface area contributed by atoms with Gasteiger partial charge in [0.05, 0.1) is 6.04 Å². The lowest BCUT2D eigenvalue weighted by Gasteiger charge is -2.16. The van der Waals surface area contributed by atoms with Crippen molar-refractivity contribution in [1.82, 2.24) is 5.32 Å². The van der Waals surface area contributed by atoms with Crippen molar-refractivity contribution >= 4 is 38.0 Å². The van der Waals surface area contributed by atoms with Crippen LogP contribution in [0, 0.1) is 0 Å². The number of rotatable bonds is 4. The Kier molecular flexibility index (Phi) is 4.43. The number of hydrogen-bond donors (Lipinski definition) is 1. The Morgan fingerprint density at radius 3 is 2.52 bits per heavy atom. The third kappa shape index (κ3) is 3.05. The van der Waals surface area contributed by atoms with E-state index in [1.807, 2.05) is 18.4 Å². The van der Waals surface area contributed by atoms with E-state index in [9.17, 15) is 0 Å². The molecule has 0 spiro atoms. The average Bonchev–Trinajstić information content (AvgIpc) is 2.97. The van der Waals surface area contributed by atoms with Crippen molar-refractivity contribution in [3.63, 3.8) is 0 Å². The van der Waals surface area contributed by atoms with Crippen molar-refractivity contribution in [2.45, 2.75) is 19.4 Å². The van der Waals surface area contributed by atoms with E-state index in [2.05, 4.69) is 76.7 Å². The number of hydrogen-bond acceptors (Lipinski definition) is 2. The SMILES string of the molecule is CCc1ccc(C(NC)c2ccc3cc(Br)ccc3c2)s1. The van der Waals surface area contributed by atoms with Crippen LogP contribution in [-0.2, 0) is 6.42 Å². The normalized spacial score (nSPS) is 12.7. The molecule has 0 saturated heterocycles. The third-order valence-corrected chi connectivity index (χ3v) is 5.55. The van der Waals surface area contributed by atoms with Crippen molar-refractivity contribution in [2.24, 2.45) is 0 Å². The summed E-state index contributed by atoms with van der Waals surface area (Å²) < 4.78 is 1.12. The topological polar surface area (TPSA) is 12.0 Å². The summed E-state index contributed by atoms with van der Waals surface area (Å²) in [5.74, 6) is 0. The molecule has 0 aliphatic heterocycles. The molecule has 1 aromatic heterocycles. The number of fused-ring (bicyclic) bond motifs is 1. The van der Waals surface area contributed by atoms with E-state index in [1.165, 1.54) is 26.1 Å². The molecule has 21 heavy (non-hydrogen) atoms. The Morgan fingerprint density at radius 1 is 1.05 bits per heavy atom. The van der Waals surface area contributed by atoms with Crippen molar-refractivity contribution in [3.8, 4) is 0 Å². The van der Waals surface area contributed by atoms with Crippen LogP contribution in [0.5, 0.6) is 0 Å². The minimum Gasteiger partial charge on any atom is -0.309 e. The highest BCUT2D eigenvalue weighted by atomic mass is 79.9. The van der Waals surface area contributed by atoms with E-state index in [0.29, 0.717) is 0 Å². The van der Waals surface area contributed by atoms with Gasteiger partial charge in [0.25, 0.3) is 0 Å². The van der Waals surface area contributed by atoms with Crippen LogP contribution >= 0.6 is 27.3 Å². The van der Waals surface area contributed by atoms with Crippen LogP contribution in [0.25, 0.3) is 10.8 Å². The Bertz CT molecular complexity index is 763. The minimum absolute atomic E-state index is 0.267. The molecule has 1 heterocycles. The summed E-state index contributed by atoms with van der Waals surface area (Å²) in [6, 6.07) is 17.9. The van der Waals surface area contributed by atoms with Crippen molar-refractivity contribution in [1.29, 1.82) is 0 Å². The van der Waals surface area contributed by atoms with E-state index in [-0.39, 0.29) is 6.04 Å². The van der Waals surface area contributed by atoms with Gasteiger partial charge in [-0.15, -0.1) is 11.3 Å². The van der Waals surface area contributed by atoms with E-state index in [0.717, 1.165) is 10.9 Å². The molecule has 1 nitrogen and oxygen atoms in total. The van der Waals surface area contributed by atoms with Gasteiger partial charge in [0, 0.05) is 14.2 Å². The second-order valence-corrected chi connectivity index (χ2v) is 7.25. The molecule has 1 N–H and O–H groups in total. The van der Waals surface area contributed by atoms with Gasteiger partial charge in [-0.05, 0) is 60.1 Å². The Hall–Kier alpha value is -1.16. The second-order valence-electron chi connectivity index (χ2n) is 5.13. The molecule has 1 atom stereocenters. The predicted molar refractivity (Wildman–Crippen MR) is 96.2 cm³/mol. The zero-order valence-electron chi connectivity index (χ0n) is 12.2. The molecular weight excluding hydrogens is 342 g/mol. The van der Waals surface area contributed by atoms with Crippen LogP contribution in [0.3, 0.4) is 0 Å². The van der Waals surface area contributed by atoms with Gasteiger partial charge in [-0.1, -0.05) is 41.1 Å². The summed E-state index contributed by atoms with van der Waals surface area (Å²) >= 11 is 5.43. The van der Waals surface area contributed by atoms with E-state index in [4.69, 9.17) is 0 Å². The maximum Gasteiger partial charge on any atom is 0.0668 e. The highest BCUT2D eigenvalue weighted by Gasteiger charge is 2.14. The van der Waals surface area contributed by atoms with Gasteiger partial charge in [0.1, 0.15) is 0 Å². The maximum atomic E-state index is 3.53. The fraction of sp³-hybridized carbons (Fsp3) is 0.222. The third-order valence-electron chi connectivity index (χ3n) is 3.76. The number of benzene rings is 2. The first-order valence-electron chi connectivity index (χ1n) is 7.16. The average molecular weight is 360 g/mol. The minimum atomic E-state index is 0.267. The molecule has 0 fully saturated rings. The van der Waals surface area contributed by atoms with E-state index < -0.39 is 0 Å². The summed E-state index contributed by atoms with van der Waals surface area (Å²) in [4.78, 5) is 2.82. The number of nitrogens with one attached hydrogen (secondary N) is 1. The lowest BCUT2D eigenvalue weighted by atomic mass is 10.0. The fourth-order valence-corrected chi connectivity index (χ4v) is 4.10. The summed E-state index contributed by atoms with van der Waals surface area (Å²) in [6.07, 6.45) is 1.10. The van der Waals surface area contributed by atoms with Crippen molar-refractivity contribution in [2.75, 3.05) is 7.05 Å². The molecule has 0 radical (unpaired) electrons. The quantitative estimate of drug-likeness (QED) is 0.645. The molecular formula is C18H18BrNS. The summed E-state index contributed by atoms with van der Waals surface area (Å²) in [5, 5.41) is 6.00. The molecule has 3 rings (SSSR count). The largest absolute Gasteiger partial charge is 0.309 e. The Labute approximate surface area is 138 Å². The lowest BCUT2D eigenvalue weighted by molar-refractivity contribution is 0.705. The predicted octanol–water partition coefficient (Wildman–Crippen LogP) is 5.54. The van der Waals surface area contributed by atoms with Crippen LogP contribution in [0.4, 0.5) is 0 Å². The number of aryl methyl sites for hydroxylation is 1. The van der Waals surface area contributed by atoms with Gasteiger partial charge in [-0.2, -0.15) is 0 Å². The van der Waals surface area contributed by atoms with Crippen LogP contribution < -0.4 is 5.32 Å². The molecule has 108 valence electrons. The number of halogens is 1. The highest BCUT2D eigenvalue weighted by molar-refractivity contribution is 9.10. The first-order chi connectivity index (χ1) is 10.2. The maximum absolute atomic E-state index is 3.53. The number of thiophene rings is 1. The van der Waals surface area contributed by atoms with Gasteiger partial charge in [0.15, 0.2) is 0 Å². The monoisotopic (exact) mass is 359 g/mol. The molecule has 0 bridgehead atoms. The summed E-state index contributed by atoms with van der Waals surface area (Å²) in [5.41, 5.74) is 1.32. The second kappa shape index (κ2) is 6.30. The Morgan fingerprint density at radius 2 is 1.81 bits per heavy atom. The first kappa shape index (κ1) is 14.8. The first-order valence-corrected chi connectivity index (χ1v) is 8.77. The Balaban J connectivity index is 2.02. The van der Waals surface area contributed by atoms with Crippen molar-refractivity contribution < 1.29 is 0 Å². The molecule has 0 saturated carbocycles. The lowest BCUT2D eigenvalue weighted by Crippen LogP contribution is -2.16. The summed E-state index contributed by atoms with van der Waals surface area (Å²) in [6.45, 7) is 2.21. The molecule has 3 aromatic rings. The molecule has 0 aliphatic carbocycles. The molecule has 3 heteroatoms. The van der Waals surface area contributed by atoms with Crippen LogP contribution in [-0.4, -0.2) is 7.05 Å². The molecule has 0 amide bonds. The standard InChI is InChI=1S/C18H18BrNS/c1-3-16-8-9-17(21-16)18(20-2)14-5-4-13-11-15(19)7-6-12(13)10-14/h4-11,18,20H,3H2,1-2H3. The van der Waals surface area contributed by atoms with Gasteiger partial charge in [-0.25, -0.2) is 0 Å². The zero-order valence-corrected chi connectivity index (χ0v) is 14.6. The highest BCUT2D eigenvalue weighted by Crippen LogP contribution is 2.31. The van der Waals surface area contributed by atoms with Crippen LogP contribution in [0.15, 0.2) is 53.0 Å².